The first-order chi connectivity index (χ1) is 27.8. The smallest absolute Gasteiger partial charge is 0.166 e. The lowest BCUT2D eigenvalue weighted by Gasteiger charge is -2.19. The standard InChI is InChI=1S/C51H32N4O/c1-4-16-33(17-5-1)38-25-14-26-41(51-53-49(34-18-6-2-7-19-34)52-50(54-51)35-20-8-3-9-21-35)48(38)55-43-27-12-10-22-39(43)42-32-36(30-31-44(42)55)37-24-15-29-46-47(37)40-23-11-13-28-45(40)56-46/h1-32H. The third-order valence-electron chi connectivity index (χ3n) is 10.7. The summed E-state index contributed by atoms with van der Waals surface area (Å²) in [6.45, 7) is 0. The molecule has 0 saturated carbocycles. The molecule has 5 heteroatoms. The predicted octanol–water partition coefficient (Wildman–Crippen LogP) is 13.2. The van der Waals surface area contributed by atoms with Gasteiger partial charge in [0.15, 0.2) is 17.5 Å². The van der Waals surface area contributed by atoms with Crippen LogP contribution in [-0.2, 0) is 0 Å². The van der Waals surface area contributed by atoms with Crippen molar-refractivity contribution < 1.29 is 4.42 Å². The van der Waals surface area contributed by atoms with Gasteiger partial charge in [-0.25, -0.2) is 15.0 Å². The van der Waals surface area contributed by atoms with Gasteiger partial charge < -0.3 is 8.98 Å². The van der Waals surface area contributed by atoms with Crippen molar-refractivity contribution in [2.75, 3.05) is 0 Å². The Labute approximate surface area is 322 Å². The fourth-order valence-electron chi connectivity index (χ4n) is 8.14. The number of nitrogens with zero attached hydrogens (tertiary/aromatic N) is 4. The zero-order chi connectivity index (χ0) is 37.0. The van der Waals surface area contributed by atoms with Crippen LogP contribution in [0.4, 0.5) is 0 Å². The zero-order valence-corrected chi connectivity index (χ0v) is 30.2. The van der Waals surface area contributed by atoms with Gasteiger partial charge in [0.05, 0.1) is 16.7 Å². The summed E-state index contributed by atoms with van der Waals surface area (Å²) in [4.78, 5) is 15.5. The number of furan rings is 1. The molecule has 56 heavy (non-hydrogen) atoms. The van der Waals surface area contributed by atoms with Crippen LogP contribution in [0.3, 0.4) is 0 Å². The number of aromatic nitrogens is 4. The molecule has 11 aromatic rings. The van der Waals surface area contributed by atoms with E-state index in [1.54, 1.807) is 0 Å². The number of hydrogen-bond donors (Lipinski definition) is 0. The minimum atomic E-state index is 0.603. The topological polar surface area (TPSA) is 56.7 Å². The molecule has 5 nitrogen and oxygen atoms in total. The molecule has 0 unspecified atom stereocenters. The Morgan fingerprint density at radius 1 is 0.339 bits per heavy atom. The molecule has 0 bridgehead atoms. The molecule has 8 aromatic carbocycles. The molecule has 0 radical (unpaired) electrons. The van der Waals surface area contributed by atoms with E-state index in [0.29, 0.717) is 17.5 Å². The van der Waals surface area contributed by atoms with Crippen LogP contribution in [0.2, 0.25) is 0 Å². The maximum absolute atomic E-state index is 6.30. The molecule has 3 heterocycles. The second-order valence-electron chi connectivity index (χ2n) is 14.0. The highest BCUT2D eigenvalue weighted by atomic mass is 16.3. The normalized spacial score (nSPS) is 11.6. The highest BCUT2D eigenvalue weighted by molar-refractivity contribution is 6.15. The van der Waals surface area contributed by atoms with Crippen LogP contribution in [0, 0.1) is 0 Å². The molecule has 0 spiro atoms. The molecule has 11 rings (SSSR count). The van der Waals surface area contributed by atoms with Crippen molar-refractivity contribution in [3.63, 3.8) is 0 Å². The van der Waals surface area contributed by atoms with Gasteiger partial charge >= 0.3 is 0 Å². The minimum Gasteiger partial charge on any atom is -0.456 e. The van der Waals surface area contributed by atoms with Crippen LogP contribution >= 0.6 is 0 Å². The summed E-state index contributed by atoms with van der Waals surface area (Å²) in [6.07, 6.45) is 0. The van der Waals surface area contributed by atoms with E-state index in [-0.39, 0.29) is 0 Å². The summed E-state index contributed by atoms with van der Waals surface area (Å²) in [5.74, 6) is 1.85. The third-order valence-corrected chi connectivity index (χ3v) is 10.7. The molecule has 0 aliphatic carbocycles. The molecule has 0 aliphatic heterocycles. The molecule has 0 atom stereocenters. The first-order valence-corrected chi connectivity index (χ1v) is 18.8. The van der Waals surface area contributed by atoms with Gasteiger partial charge in [0, 0.05) is 43.8 Å². The van der Waals surface area contributed by atoms with Crippen molar-refractivity contribution in [2.24, 2.45) is 0 Å². The summed E-state index contributed by atoms with van der Waals surface area (Å²) in [5.41, 5.74) is 12.2. The lowest BCUT2D eigenvalue weighted by molar-refractivity contribution is 0.669. The molecule has 0 fully saturated rings. The van der Waals surface area contributed by atoms with Crippen molar-refractivity contribution >= 4 is 43.7 Å². The first-order valence-electron chi connectivity index (χ1n) is 18.8. The van der Waals surface area contributed by atoms with Gasteiger partial charge in [-0.1, -0.05) is 158 Å². The number of rotatable bonds is 6. The minimum absolute atomic E-state index is 0.603. The van der Waals surface area contributed by atoms with E-state index in [4.69, 9.17) is 19.4 Å². The van der Waals surface area contributed by atoms with E-state index in [1.165, 1.54) is 0 Å². The van der Waals surface area contributed by atoms with Gasteiger partial charge in [-0.05, 0) is 53.1 Å². The Morgan fingerprint density at radius 2 is 0.875 bits per heavy atom. The molecule has 3 aromatic heterocycles. The van der Waals surface area contributed by atoms with Crippen LogP contribution in [0.1, 0.15) is 0 Å². The molecule has 0 N–H and O–H groups in total. The molecule has 0 saturated heterocycles. The predicted molar refractivity (Wildman–Crippen MR) is 229 cm³/mol. The van der Waals surface area contributed by atoms with Crippen molar-refractivity contribution in [3.05, 3.63) is 194 Å². The second-order valence-corrected chi connectivity index (χ2v) is 14.0. The van der Waals surface area contributed by atoms with E-state index in [2.05, 4.69) is 126 Å². The Morgan fingerprint density at radius 3 is 1.61 bits per heavy atom. The van der Waals surface area contributed by atoms with E-state index >= 15 is 0 Å². The quantitative estimate of drug-likeness (QED) is 0.172. The second kappa shape index (κ2) is 13.0. The van der Waals surface area contributed by atoms with Crippen molar-refractivity contribution in [1.29, 1.82) is 0 Å². The van der Waals surface area contributed by atoms with E-state index in [1.807, 2.05) is 72.8 Å². The van der Waals surface area contributed by atoms with E-state index in [0.717, 1.165) is 88.4 Å². The summed E-state index contributed by atoms with van der Waals surface area (Å²) >= 11 is 0. The lowest BCUT2D eigenvalue weighted by atomic mass is 9.97. The third kappa shape index (κ3) is 5.21. The van der Waals surface area contributed by atoms with Crippen LogP contribution in [0.5, 0.6) is 0 Å². The number of fused-ring (bicyclic) bond motifs is 6. The number of benzene rings is 8. The number of para-hydroxylation sites is 3. The average molecular weight is 717 g/mol. The van der Waals surface area contributed by atoms with Gasteiger partial charge in [-0.2, -0.15) is 0 Å². The van der Waals surface area contributed by atoms with Crippen molar-refractivity contribution in [1.82, 2.24) is 19.5 Å². The lowest BCUT2D eigenvalue weighted by Crippen LogP contribution is -2.05. The average Bonchev–Trinajstić information content (AvgIpc) is 3.82. The molecule has 0 amide bonds. The molecular formula is C51H32N4O. The van der Waals surface area contributed by atoms with E-state index < -0.39 is 0 Å². The highest BCUT2D eigenvalue weighted by Crippen LogP contribution is 2.43. The van der Waals surface area contributed by atoms with Gasteiger partial charge in [0.2, 0.25) is 0 Å². The Bertz CT molecular complexity index is 3180. The maximum atomic E-state index is 6.30. The largest absolute Gasteiger partial charge is 0.456 e. The number of hydrogen-bond acceptors (Lipinski definition) is 4. The molecular weight excluding hydrogens is 685 g/mol. The molecule has 0 aliphatic rings. The highest BCUT2D eigenvalue weighted by Gasteiger charge is 2.23. The Hall–Kier alpha value is -7.63. The van der Waals surface area contributed by atoms with Gasteiger partial charge in [0.25, 0.3) is 0 Å². The monoisotopic (exact) mass is 716 g/mol. The molecule has 262 valence electrons. The SMILES string of the molecule is c1ccc(-c2nc(-c3ccccc3)nc(-c3cccc(-c4ccccc4)c3-n3c4ccccc4c4cc(-c5cccc6oc7ccccc7c56)ccc43)n2)cc1. The summed E-state index contributed by atoms with van der Waals surface area (Å²) in [6, 6.07) is 67.4. The fraction of sp³-hybridized carbons (Fsp3) is 0. The van der Waals surface area contributed by atoms with Crippen LogP contribution in [0.25, 0.3) is 106 Å². The van der Waals surface area contributed by atoms with Crippen LogP contribution < -0.4 is 0 Å². The summed E-state index contributed by atoms with van der Waals surface area (Å²) < 4.78 is 8.69. The van der Waals surface area contributed by atoms with Crippen LogP contribution in [-0.4, -0.2) is 19.5 Å². The maximum Gasteiger partial charge on any atom is 0.166 e. The first kappa shape index (κ1) is 31.9. The Kier molecular flexibility index (Phi) is 7.42. The Balaban J connectivity index is 1.21. The van der Waals surface area contributed by atoms with Crippen molar-refractivity contribution in [3.8, 4) is 62.1 Å². The van der Waals surface area contributed by atoms with Crippen molar-refractivity contribution in [2.45, 2.75) is 0 Å². The fourth-order valence-corrected chi connectivity index (χ4v) is 8.14. The van der Waals surface area contributed by atoms with E-state index in [9.17, 15) is 0 Å². The summed E-state index contributed by atoms with van der Waals surface area (Å²) in [5, 5.41) is 4.56. The van der Waals surface area contributed by atoms with Gasteiger partial charge in [-0.3, -0.25) is 0 Å². The summed E-state index contributed by atoms with van der Waals surface area (Å²) in [7, 11) is 0. The van der Waals surface area contributed by atoms with Crippen LogP contribution in [0.15, 0.2) is 199 Å². The van der Waals surface area contributed by atoms with Gasteiger partial charge in [-0.15, -0.1) is 0 Å². The zero-order valence-electron chi connectivity index (χ0n) is 30.2. The van der Waals surface area contributed by atoms with Gasteiger partial charge in [0.1, 0.15) is 11.2 Å².